The Balaban J connectivity index is 2.51. The van der Waals surface area contributed by atoms with Crippen LogP contribution in [0.1, 0.15) is 10.4 Å². The number of carbonyl (C=O) groups excluding carboxylic acids is 1. The first kappa shape index (κ1) is 10.9. The first-order chi connectivity index (χ1) is 8.72. The van der Waals surface area contributed by atoms with Gasteiger partial charge in [0.1, 0.15) is 0 Å². The molecule has 18 heavy (non-hydrogen) atoms. The number of carbonyl (C=O) groups is 1. The summed E-state index contributed by atoms with van der Waals surface area (Å²) in [5.41, 5.74) is 0.516. The summed E-state index contributed by atoms with van der Waals surface area (Å²) in [5.74, 6) is -0.492. The van der Waals surface area contributed by atoms with Crippen LogP contribution in [0, 0.1) is 0 Å². The third kappa shape index (κ3) is 1.42. The van der Waals surface area contributed by atoms with Gasteiger partial charge < -0.3 is 4.74 Å². The highest BCUT2D eigenvalue weighted by molar-refractivity contribution is 7.15. The molecule has 0 aliphatic rings. The molecule has 0 aliphatic heterocycles. The van der Waals surface area contributed by atoms with Crippen LogP contribution in [0.4, 0.5) is 0 Å². The number of rotatable bonds is 1. The Morgan fingerprint density at radius 1 is 1.44 bits per heavy atom. The summed E-state index contributed by atoms with van der Waals surface area (Å²) >= 11 is 1.34. The van der Waals surface area contributed by atoms with E-state index in [1.54, 1.807) is 29.8 Å². The van der Waals surface area contributed by atoms with E-state index in [2.05, 4.69) is 4.98 Å². The van der Waals surface area contributed by atoms with Crippen molar-refractivity contribution >= 4 is 33.2 Å². The maximum absolute atomic E-state index is 12.2. The number of hydrogen-bond acceptors (Lipinski definition) is 5. The summed E-state index contributed by atoms with van der Waals surface area (Å²) < 4.78 is 6.16. The van der Waals surface area contributed by atoms with Crippen LogP contribution in [-0.2, 0) is 4.74 Å². The van der Waals surface area contributed by atoms with Gasteiger partial charge in [-0.25, -0.2) is 9.78 Å². The minimum absolute atomic E-state index is 0.179. The van der Waals surface area contributed by atoms with Gasteiger partial charge in [0.2, 0.25) is 0 Å². The number of thiazole rings is 1. The Labute approximate surface area is 105 Å². The van der Waals surface area contributed by atoms with Crippen LogP contribution in [0.5, 0.6) is 0 Å². The van der Waals surface area contributed by atoms with E-state index in [9.17, 15) is 9.59 Å². The van der Waals surface area contributed by atoms with Crippen LogP contribution in [0.15, 0.2) is 34.6 Å². The lowest BCUT2D eigenvalue weighted by Gasteiger charge is -2.03. The highest BCUT2D eigenvalue weighted by atomic mass is 32.1. The zero-order valence-electron chi connectivity index (χ0n) is 9.41. The minimum Gasteiger partial charge on any atom is -0.465 e. The van der Waals surface area contributed by atoms with Crippen molar-refractivity contribution in [3.63, 3.8) is 0 Å². The maximum Gasteiger partial charge on any atom is 0.340 e. The summed E-state index contributed by atoms with van der Waals surface area (Å²) in [7, 11) is 1.30. The summed E-state index contributed by atoms with van der Waals surface area (Å²) in [5, 5.41) is 2.19. The molecule has 0 bridgehead atoms. The lowest BCUT2D eigenvalue weighted by molar-refractivity contribution is 0.0603. The average molecular weight is 260 g/mol. The molecule has 0 amide bonds. The molecule has 3 rings (SSSR count). The van der Waals surface area contributed by atoms with Gasteiger partial charge in [-0.1, -0.05) is 6.07 Å². The Kier molecular flexibility index (Phi) is 2.38. The molecule has 0 unspecified atom stereocenters. The summed E-state index contributed by atoms with van der Waals surface area (Å²) in [4.78, 5) is 28.7. The Bertz CT molecular complexity index is 819. The third-order valence-corrected chi connectivity index (χ3v) is 3.44. The van der Waals surface area contributed by atoms with Crippen molar-refractivity contribution in [2.75, 3.05) is 7.11 Å². The van der Waals surface area contributed by atoms with E-state index >= 15 is 0 Å². The van der Waals surface area contributed by atoms with Gasteiger partial charge in [-0.05, 0) is 12.1 Å². The second-order valence-corrected chi connectivity index (χ2v) is 4.54. The molecule has 2 aromatic heterocycles. The zero-order valence-corrected chi connectivity index (χ0v) is 10.2. The van der Waals surface area contributed by atoms with Crippen molar-refractivity contribution in [1.82, 2.24) is 9.38 Å². The molecule has 5 nitrogen and oxygen atoms in total. The summed E-state index contributed by atoms with van der Waals surface area (Å²) in [6.07, 6.45) is 1.67. The summed E-state index contributed by atoms with van der Waals surface area (Å²) in [6.45, 7) is 0. The number of para-hydroxylation sites is 1. The maximum atomic E-state index is 12.2. The van der Waals surface area contributed by atoms with Crippen LogP contribution in [-0.4, -0.2) is 22.5 Å². The highest BCUT2D eigenvalue weighted by Gasteiger charge is 2.14. The molecule has 0 fully saturated rings. The molecule has 6 heteroatoms. The van der Waals surface area contributed by atoms with E-state index in [-0.39, 0.29) is 5.56 Å². The van der Waals surface area contributed by atoms with Crippen LogP contribution in [0.3, 0.4) is 0 Å². The lowest BCUT2D eigenvalue weighted by atomic mass is 10.1. The number of aromatic nitrogens is 2. The molecule has 3 aromatic rings. The molecular formula is C12H8N2O3S. The van der Waals surface area contributed by atoms with Crippen molar-refractivity contribution in [1.29, 1.82) is 0 Å². The van der Waals surface area contributed by atoms with E-state index in [4.69, 9.17) is 4.74 Å². The smallest absolute Gasteiger partial charge is 0.340 e. The van der Waals surface area contributed by atoms with Gasteiger partial charge in [-0.2, -0.15) is 0 Å². The first-order valence-electron chi connectivity index (χ1n) is 5.19. The molecule has 0 radical (unpaired) electrons. The standard InChI is InChI=1S/C12H8N2O3S/c1-17-11(16)8-4-2-3-7-9(8)13-12-14(10(7)15)5-6-18-12/h2-6H,1H3. The van der Waals surface area contributed by atoms with E-state index in [1.165, 1.54) is 22.8 Å². The van der Waals surface area contributed by atoms with Crippen LogP contribution >= 0.6 is 11.3 Å². The fourth-order valence-corrected chi connectivity index (χ4v) is 2.55. The molecule has 0 atom stereocenters. The van der Waals surface area contributed by atoms with Crippen LogP contribution in [0.25, 0.3) is 15.9 Å². The molecular weight excluding hydrogens is 252 g/mol. The molecule has 0 saturated carbocycles. The number of esters is 1. The first-order valence-corrected chi connectivity index (χ1v) is 6.07. The molecule has 2 heterocycles. The lowest BCUT2D eigenvalue weighted by Crippen LogP contribution is -2.14. The number of hydrogen-bond donors (Lipinski definition) is 0. The van der Waals surface area contributed by atoms with E-state index in [0.29, 0.717) is 21.4 Å². The quantitative estimate of drug-likeness (QED) is 0.625. The highest BCUT2D eigenvalue weighted by Crippen LogP contribution is 2.17. The van der Waals surface area contributed by atoms with Gasteiger partial charge >= 0.3 is 5.97 Å². The van der Waals surface area contributed by atoms with Crippen LogP contribution < -0.4 is 5.56 Å². The van der Waals surface area contributed by atoms with Gasteiger partial charge in [0.25, 0.3) is 5.56 Å². The topological polar surface area (TPSA) is 60.7 Å². The zero-order chi connectivity index (χ0) is 12.7. The third-order valence-electron chi connectivity index (χ3n) is 2.69. The Morgan fingerprint density at radius 3 is 3.06 bits per heavy atom. The molecule has 90 valence electrons. The number of ether oxygens (including phenoxy) is 1. The van der Waals surface area contributed by atoms with Crippen molar-refractivity contribution in [2.45, 2.75) is 0 Å². The molecule has 0 N–H and O–H groups in total. The largest absolute Gasteiger partial charge is 0.465 e. The van der Waals surface area contributed by atoms with Crippen LogP contribution in [0.2, 0.25) is 0 Å². The van der Waals surface area contributed by atoms with Gasteiger partial charge in [-0.3, -0.25) is 9.20 Å². The van der Waals surface area contributed by atoms with Crippen molar-refractivity contribution in [2.24, 2.45) is 0 Å². The molecule has 0 aliphatic carbocycles. The van der Waals surface area contributed by atoms with E-state index in [1.807, 2.05) is 0 Å². The fraction of sp³-hybridized carbons (Fsp3) is 0.0833. The predicted octanol–water partition coefficient (Wildman–Crippen LogP) is 1.70. The second-order valence-electron chi connectivity index (χ2n) is 3.67. The Hall–Kier alpha value is -2.21. The number of benzene rings is 1. The number of methoxy groups -OCH3 is 1. The minimum atomic E-state index is -0.492. The molecule has 1 aromatic carbocycles. The van der Waals surface area contributed by atoms with Crippen molar-refractivity contribution in [3.05, 3.63) is 45.7 Å². The van der Waals surface area contributed by atoms with Gasteiger partial charge in [-0.15, -0.1) is 11.3 Å². The SMILES string of the molecule is COC(=O)c1cccc2c(=O)n3ccsc3nc12. The van der Waals surface area contributed by atoms with E-state index in [0.717, 1.165) is 0 Å². The average Bonchev–Trinajstić information content (AvgIpc) is 2.86. The molecule has 0 spiro atoms. The van der Waals surface area contributed by atoms with Gasteiger partial charge in [0.15, 0.2) is 4.96 Å². The van der Waals surface area contributed by atoms with Gasteiger partial charge in [0.05, 0.1) is 23.6 Å². The number of fused-ring (bicyclic) bond motifs is 2. The van der Waals surface area contributed by atoms with Crippen molar-refractivity contribution < 1.29 is 9.53 Å². The second kappa shape index (κ2) is 3.92. The summed E-state index contributed by atoms with van der Waals surface area (Å²) in [6, 6.07) is 4.91. The van der Waals surface area contributed by atoms with E-state index < -0.39 is 5.97 Å². The van der Waals surface area contributed by atoms with Crippen molar-refractivity contribution in [3.8, 4) is 0 Å². The fourth-order valence-electron chi connectivity index (χ4n) is 1.84. The Morgan fingerprint density at radius 2 is 2.28 bits per heavy atom. The predicted molar refractivity (Wildman–Crippen MR) is 68.2 cm³/mol. The number of nitrogens with zero attached hydrogens (tertiary/aromatic N) is 2. The molecule has 0 saturated heterocycles. The normalized spacial score (nSPS) is 10.9. The van der Waals surface area contributed by atoms with Gasteiger partial charge in [0, 0.05) is 11.6 Å². The monoisotopic (exact) mass is 260 g/mol.